The third kappa shape index (κ3) is 3.48. The summed E-state index contributed by atoms with van der Waals surface area (Å²) >= 11 is 0. The summed E-state index contributed by atoms with van der Waals surface area (Å²) in [7, 11) is 3.92. The average Bonchev–Trinajstić information content (AvgIpc) is 2.54. The van der Waals surface area contributed by atoms with Crippen molar-refractivity contribution in [2.75, 3.05) is 32.1 Å². The molecule has 1 unspecified atom stereocenters. The molecule has 2 heterocycles. The molecular weight excluding hydrogens is 295 g/mol. The molecule has 1 atom stereocenters. The lowest BCUT2D eigenvalue weighted by atomic mass is 10.0. The number of aliphatic hydroxyl groups excluding tert-OH is 1. The molecule has 6 heteroatoms. The molecule has 1 aromatic heterocycles. The van der Waals surface area contributed by atoms with Crippen LogP contribution in [0.4, 0.5) is 10.2 Å². The molecule has 0 aliphatic carbocycles. The van der Waals surface area contributed by atoms with Gasteiger partial charge >= 0.3 is 0 Å². The SMILES string of the molecule is CN(C)c1ncnc2c1CN(CC(O)c1cccc(F)c1)CC2. The van der Waals surface area contributed by atoms with Crippen molar-refractivity contribution in [3.63, 3.8) is 0 Å². The van der Waals surface area contributed by atoms with Crippen LogP contribution in [0, 0.1) is 5.82 Å². The van der Waals surface area contributed by atoms with Crippen molar-refractivity contribution in [2.45, 2.75) is 19.1 Å². The molecule has 1 aliphatic heterocycles. The minimum atomic E-state index is -0.709. The zero-order valence-corrected chi connectivity index (χ0v) is 13.4. The fourth-order valence-electron chi connectivity index (χ4n) is 2.99. The molecule has 0 bridgehead atoms. The van der Waals surface area contributed by atoms with Gasteiger partial charge in [-0.3, -0.25) is 4.90 Å². The summed E-state index contributed by atoms with van der Waals surface area (Å²) < 4.78 is 13.3. The summed E-state index contributed by atoms with van der Waals surface area (Å²) in [6, 6.07) is 6.14. The summed E-state index contributed by atoms with van der Waals surface area (Å²) in [5, 5.41) is 10.4. The summed E-state index contributed by atoms with van der Waals surface area (Å²) in [5.41, 5.74) is 2.78. The molecule has 1 aromatic carbocycles. The predicted octanol–water partition coefficient (Wildman–Crippen LogP) is 1.77. The highest BCUT2D eigenvalue weighted by Gasteiger charge is 2.23. The van der Waals surface area contributed by atoms with Gasteiger partial charge in [-0.05, 0) is 17.7 Å². The molecule has 122 valence electrons. The van der Waals surface area contributed by atoms with Crippen LogP contribution in [0.15, 0.2) is 30.6 Å². The van der Waals surface area contributed by atoms with Crippen LogP contribution in [0.3, 0.4) is 0 Å². The lowest BCUT2D eigenvalue weighted by Gasteiger charge is -2.31. The highest BCUT2D eigenvalue weighted by atomic mass is 19.1. The Morgan fingerprint density at radius 2 is 2.17 bits per heavy atom. The van der Waals surface area contributed by atoms with Crippen LogP contribution < -0.4 is 4.90 Å². The number of aliphatic hydroxyl groups is 1. The van der Waals surface area contributed by atoms with E-state index in [0.29, 0.717) is 18.7 Å². The first-order valence-corrected chi connectivity index (χ1v) is 7.70. The van der Waals surface area contributed by atoms with E-state index in [1.165, 1.54) is 12.1 Å². The first kappa shape index (κ1) is 15.8. The largest absolute Gasteiger partial charge is 0.387 e. The van der Waals surface area contributed by atoms with Crippen molar-refractivity contribution in [2.24, 2.45) is 0 Å². The van der Waals surface area contributed by atoms with Gasteiger partial charge in [0.05, 0.1) is 11.8 Å². The Labute approximate surface area is 135 Å². The number of nitrogens with zero attached hydrogens (tertiary/aromatic N) is 4. The first-order chi connectivity index (χ1) is 11.0. The van der Waals surface area contributed by atoms with Gasteiger partial charge in [0, 0.05) is 45.7 Å². The van der Waals surface area contributed by atoms with E-state index < -0.39 is 6.10 Å². The van der Waals surface area contributed by atoms with Crippen LogP contribution >= 0.6 is 0 Å². The van der Waals surface area contributed by atoms with Gasteiger partial charge in [-0.15, -0.1) is 0 Å². The Morgan fingerprint density at radius 3 is 2.91 bits per heavy atom. The summed E-state index contributed by atoms with van der Waals surface area (Å²) in [6.07, 6.45) is 1.72. The first-order valence-electron chi connectivity index (χ1n) is 7.70. The topological polar surface area (TPSA) is 52.5 Å². The van der Waals surface area contributed by atoms with Gasteiger partial charge in [-0.2, -0.15) is 0 Å². The second kappa shape index (κ2) is 6.60. The van der Waals surface area contributed by atoms with Crippen molar-refractivity contribution in [1.29, 1.82) is 0 Å². The van der Waals surface area contributed by atoms with E-state index in [4.69, 9.17) is 0 Å². The van der Waals surface area contributed by atoms with E-state index in [1.807, 2.05) is 19.0 Å². The van der Waals surface area contributed by atoms with E-state index in [0.717, 1.165) is 30.0 Å². The fraction of sp³-hybridized carbons (Fsp3) is 0.412. The molecule has 1 aliphatic rings. The van der Waals surface area contributed by atoms with Gasteiger partial charge in [0.1, 0.15) is 18.0 Å². The Balaban J connectivity index is 1.74. The van der Waals surface area contributed by atoms with Crippen LogP contribution in [0.25, 0.3) is 0 Å². The number of hydrogen-bond donors (Lipinski definition) is 1. The third-order valence-corrected chi connectivity index (χ3v) is 4.15. The van der Waals surface area contributed by atoms with Crippen molar-refractivity contribution < 1.29 is 9.50 Å². The smallest absolute Gasteiger partial charge is 0.136 e. The van der Waals surface area contributed by atoms with E-state index in [2.05, 4.69) is 14.9 Å². The van der Waals surface area contributed by atoms with Gasteiger partial charge < -0.3 is 10.0 Å². The quantitative estimate of drug-likeness (QED) is 0.932. The summed E-state index contributed by atoms with van der Waals surface area (Å²) in [6.45, 7) is 1.98. The van der Waals surface area contributed by atoms with Crippen molar-refractivity contribution in [3.05, 3.63) is 53.2 Å². The van der Waals surface area contributed by atoms with Crippen LogP contribution in [0.5, 0.6) is 0 Å². The number of hydrogen-bond acceptors (Lipinski definition) is 5. The molecule has 0 fully saturated rings. The lowest BCUT2D eigenvalue weighted by molar-refractivity contribution is 0.105. The maximum atomic E-state index is 13.3. The molecule has 0 saturated carbocycles. The zero-order valence-electron chi connectivity index (χ0n) is 13.4. The van der Waals surface area contributed by atoms with Gasteiger partial charge in [-0.1, -0.05) is 12.1 Å². The Morgan fingerprint density at radius 1 is 1.35 bits per heavy atom. The minimum absolute atomic E-state index is 0.325. The second-order valence-corrected chi connectivity index (χ2v) is 6.07. The molecular formula is C17H21FN4O. The molecule has 5 nitrogen and oxygen atoms in total. The number of aromatic nitrogens is 2. The van der Waals surface area contributed by atoms with Crippen LogP contribution in [-0.4, -0.2) is 47.2 Å². The van der Waals surface area contributed by atoms with E-state index in [9.17, 15) is 9.50 Å². The van der Waals surface area contributed by atoms with Crippen molar-refractivity contribution in [1.82, 2.24) is 14.9 Å². The van der Waals surface area contributed by atoms with Crippen molar-refractivity contribution in [3.8, 4) is 0 Å². The molecule has 23 heavy (non-hydrogen) atoms. The number of fused-ring (bicyclic) bond motifs is 1. The van der Waals surface area contributed by atoms with Crippen LogP contribution in [-0.2, 0) is 13.0 Å². The molecule has 1 N–H and O–H groups in total. The van der Waals surface area contributed by atoms with Crippen molar-refractivity contribution >= 4 is 5.82 Å². The predicted molar refractivity (Wildman–Crippen MR) is 86.7 cm³/mol. The average molecular weight is 316 g/mol. The van der Waals surface area contributed by atoms with Gasteiger partial charge in [0.2, 0.25) is 0 Å². The Bertz CT molecular complexity index is 692. The Hall–Kier alpha value is -2.05. The molecule has 0 saturated heterocycles. The maximum Gasteiger partial charge on any atom is 0.136 e. The third-order valence-electron chi connectivity index (χ3n) is 4.15. The van der Waals surface area contributed by atoms with E-state index in [1.54, 1.807) is 18.5 Å². The number of benzene rings is 1. The van der Waals surface area contributed by atoms with E-state index in [-0.39, 0.29) is 5.82 Å². The number of β-amino-alcohol motifs (C(OH)–C–C–N with tert-alkyl or cyclic N) is 1. The minimum Gasteiger partial charge on any atom is -0.387 e. The molecule has 2 aromatic rings. The van der Waals surface area contributed by atoms with E-state index >= 15 is 0 Å². The van der Waals surface area contributed by atoms with Crippen LogP contribution in [0.1, 0.15) is 22.9 Å². The zero-order chi connectivity index (χ0) is 16.4. The van der Waals surface area contributed by atoms with Gasteiger partial charge in [-0.25, -0.2) is 14.4 Å². The summed E-state index contributed by atoms with van der Waals surface area (Å²) in [5.74, 6) is 0.591. The maximum absolute atomic E-state index is 13.3. The van der Waals surface area contributed by atoms with Gasteiger partial charge in [0.15, 0.2) is 0 Å². The highest BCUT2D eigenvalue weighted by Crippen LogP contribution is 2.26. The number of rotatable bonds is 4. The molecule has 0 amide bonds. The summed E-state index contributed by atoms with van der Waals surface area (Å²) in [4.78, 5) is 12.9. The number of halogens is 1. The fourth-order valence-corrected chi connectivity index (χ4v) is 2.99. The Kier molecular flexibility index (Phi) is 4.54. The normalized spacial score (nSPS) is 16.0. The van der Waals surface area contributed by atoms with Gasteiger partial charge in [0.25, 0.3) is 0 Å². The molecule has 0 radical (unpaired) electrons. The second-order valence-electron chi connectivity index (χ2n) is 6.07. The molecule has 3 rings (SSSR count). The molecule has 0 spiro atoms. The van der Waals surface area contributed by atoms with Crippen LogP contribution in [0.2, 0.25) is 0 Å². The standard InChI is InChI=1S/C17H21FN4O/c1-21(2)17-14-9-22(7-6-15(14)19-11-20-17)10-16(23)12-4-3-5-13(18)8-12/h3-5,8,11,16,23H,6-7,9-10H2,1-2H3. The highest BCUT2D eigenvalue weighted by molar-refractivity contribution is 5.48. The number of anilines is 1. The monoisotopic (exact) mass is 316 g/mol. The lowest BCUT2D eigenvalue weighted by Crippen LogP contribution is -2.35.